The number of para-hydroxylation sites is 1. The minimum Gasteiger partial charge on any atom is -0.496 e. The van der Waals surface area contributed by atoms with Crippen LogP contribution in [0.3, 0.4) is 0 Å². The third-order valence-corrected chi connectivity index (χ3v) is 3.61. The van der Waals surface area contributed by atoms with Crippen molar-refractivity contribution in [3.8, 4) is 11.6 Å². The van der Waals surface area contributed by atoms with Crippen molar-refractivity contribution in [3.05, 3.63) is 48.4 Å². The van der Waals surface area contributed by atoms with Gasteiger partial charge in [0.2, 0.25) is 5.88 Å². The van der Waals surface area contributed by atoms with E-state index in [4.69, 9.17) is 9.47 Å². The SMILES string of the molecule is COc1ccccc1C(=O)N1CC[C@H](Oc2ccncn2)C1. The molecule has 1 aromatic heterocycles. The summed E-state index contributed by atoms with van der Waals surface area (Å²) in [5.74, 6) is 1.09. The van der Waals surface area contributed by atoms with E-state index in [1.807, 2.05) is 12.1 Å². The average Bonchev–Trinajstić information content (AvgIpc) is 3.03. The highest BCUT2D eigenvalue weighted by molar-refractivity contribution is 5.97. The second kappa shape index (κ2) is 6.43. The number of hydrogen-bond donors (Lipinski definition) is 0. The molecule has 1 aliphatic rings. The fraction of sp³-hybridized carbons (Fsp3) is 0.312. The van der Waals surface area contributed by atoms with Crippen LogP contribution in [0, 0.1) is 0 Å². The monoisotopic (exact) mass is 299 g/mol. The molecule has 3 rings (SSSR count). The predicted molar refractivity (Wildman–Crippen MR) is 80.0 cm³/mol. The van der Waals surface area contributed by atoms with Gasteiger partial charge in [0.1, 0.15) is 18.2 Å². The van der Waals surface area contributed by atoms with Gasteiger partial charge in [-0.25, -0.2) is 9.97 Å². The van der Waals surface area contributed by atoms with E-state index < -0.39 is 0 Å². The fourth-order valence-corrected chi connectivity index (χ4v) is 2.52. The number of ether oxygens (including phenoxy) is 2. The van der Waals surface area contributed by atoms with Crippen molar-refractivity contribution in [3.63, 3.8) is 0 Å². The number of methoxy groups -OCH3 is 1. The molecule has 0 radical (unpaired) electrons. The van der Waals surface area contributed by atoms with Gasteiger partial charge < -0.3 is 14.4 Å². The molecule has 2 heterocycles. The summed E-state index contributed by atoms with van der Waals surface area (Å²) in [6.45, 7) is 1.20. The number of hydrogen-bond acceptors (Lipinski definition) is 5. The highest BCUT2D eigenvalue weighted by atomic mass is 16.5. The highest BCUT2D eigenvalue weighted by Gasteiger charge is 2.29. The third-order valence-electron chi connectivity index (χ3n) is 3.61. The number of benzene rings is 1. The molecule has 0 aliphatic carbocycles. The van der Waals surface area contributed by atoms with Gasteiger partial charge in [0.05, 0.1) is 19.2 Å². The van der Waals surface area contributed by atoms with Crippen molar-refractivity contribution in [2.45, 2.75) is 12.5 Å². The van der Waals surface area contributed by atoms with E-state index in [-0.39, 0.29) is 12.0 Å². The third kappa shape index (κ3) is 3.00. The predicted octanol–water partition coefficient (Wildman–Crippen LogP) is 1.78. The minimum atomic E-state index is -0.0476. The summed E-state index contributed by atoms with van der Waals surface area (Å²) < 4.78 is 11.0. The second-order valence-corrected chi connectivity index (χ2v) is 5.03. The van der Waals surface area contributed by atoms with E-state index >= 15 is 0 Å². The molecule has 0 N–H and O–H groups in total. The molecular formula is C16H17N3O3. The van der Waals surface area contributed by atoms with Gasteiger partial charge in [-0.15, -0.1) is 0 Å². The van der Waals surface area contributed by atoms with E-state index in [0.29, 0.717) is 30.3 Å². The lowest BCUT2D eigenvalue weighted by Crippen LogP contribution is -2.31. The zero-order chi connectivity index (χ0) is 15.4. The standard InChI is InChI=1S/C16H17N3O3/c1-21-14-5-3-2-4-13(14)16(20)19-9-7-12(10-19)22-15-6-8-17-11-18-15/h2-6,8,11-12H,7,9-10H2,1H3/t12-/m0/s1. The van der Waals surface area contributed by atoms with Crippen molar-refractivity contribution in [1.82, 2.24) is 14.9 Å². The van der Waals surface area contributed by atoms with Crippen LogP contribution in [-0.2, 0) is 0 Å². The Kier molecular flexibility index (Phi) is 4.18. The second-order valence-electron chi connectivity index (χ2n) is 5.03. The van der Waals surface area contributed by atoms with Crippen molar-refractivity contribution in [2.75, 3.05) is 20.2 Å². The van der Waals surface area contributed by atoms with Crippen molar-refractivity contribution in [2.24, 2.45) is 0 Å². The van der Waals surface area contributed by atoms with E-state index in [0.717, 1.165) is 6.42 Å². The number of aromatic nitrogens is 2. The molecule has 0 bridgehead atoms. The van der Waals surface area contributed by atoms with Crippen molar-refractivity contribution < 1.29 is 14.3 Å². The summed E-state index contributed by atoms with van der Waals surface area (Å²) in [6, 6.07) is 8.96. The van der Waals surface area contributed by atoms with Crippen LogP contribution in [0.15, 0.2) is 42.9 Å². The first kappa shape index (κ1) is 14.3. The van der Waals surface area contributed by atoms with Crippen LogP contribution in [0.5, 0.6) is 11.6 Å². The molecule has 6 heteroatoms. The first-order valence-corrected chi connectivity index (χ1v) is 7.13. The summed E-state index contributed by atoms with van der Waals surface area (Å²) in [5.41, 5.74) is 0.577. The van der Waals surface area contributed by atoms with Gasteiger partial charge in [-0.05, 0) is 12.1 Å². The molecule has 2 aromatic rings. The Morgan fingerprint density at radius 2 is 2.18 bits per heavy atom. The van der Waals surface area contributed by atoms with Crippen LogP contribution in [0.2, 0.25) is 0 Å². The van der Waals surface area contributed by atoms with Crippen molar-refractivity contribution >= 4 is 5.91 Å². The quantitative estimate of drug-likeness (QED) is 0.861. The van der Waals surface area contributed by atoms with Gasteiger partial charge in [-0.2, -0.15) is 0 Å². The zero-order valence-electron chi connectivity index (χ0n) is 12.3. The maximum atomic E-state index is 12.6. The summed E-state index contributed by atoms with van der Waals surface area (Å²) in [4.78, 5) is 22.3. The molecule has 0 unspecified atom stereocenters. The van der Waals surface area contributed by atoms with E-state index in [2.05, 4.69) is 9.97 Å². The Morgan fingerprint density at radius 3 is 2.95 bits per heavy atom. The average molecular weight is 299 g/mol. The molecule has 114 valence electrons. The topological polar surface area (TPSA) is 64.5 Å². The van der Waals surface area contributed by atoms with E-state index in [1.165, 1.54) is 6.33 Å². The fourth-order valence-electron chi connectivity index (χ4n) is 2.52. The number of nitrogens with zero attached hydrogens (tertiary/aromatic N) is 3. The van der Waals surface area contributed by atoms with Gasteiger partial charge in [0.25, 0.3) is 5.91 Å². The number of carbonyl (C=O) groups is 1. The largest absolute Gasteiger partial charge is 0.496 e. The smallest absolute Gasteiger partial charge is 0.257 e. The zero-order valence-corrected chi connectivity index (χ0v) is 12.3. The number of amides is 1. The Bertz CT molecular complexity index is 648. The highest BCUT2D eigenvalue weighted by Crippen LogP contribution is 2.23. The molecule has 1 atom stereocenters. The first-order chi connectivity index (χ1) is 10.8. The van der Waals surface area contributed by atoms with Gasteiger partial charge in [-0.1, -0.05) is 12.1 Å². The summed E-state index contributed by atoms with van der Waals surface area (Å²) in [6.07, 6.45) is 3.82. The Hall–Kier alpha value is -2.63. The lowest BCUT2D eigenvalue weighted by atomic mass is 10.2. The molecular weight excluding hydrogens is 282 g/mol. The Balaban J connectivity index is 1.66. The summed E-state index contributed by atoms with van der Waals surface area (Å²) >= 11 is 0. The van der Waals surface area contributed by atoms with Gasteiger partial charge >= 0.3 is 0 Å². The number of carbonyl (C=O) groups excluding carboxylic acids is 1. The molecule has 6 nitrogen and oxygen atoms in total. The lowest BCUT2D eigenvalue weighted by molar-refractivity contribution is 0.0768. The number of rotatable bonds is 4. The minimum absolute atomic E-state index is 0.0359. The van der Waals surface area contributed by atoms with Crippen LogP contribution < -0.4 is 9.47 Å². The maximum absolute atomic E-state index is 12.6. The van der Waals surface area contributed by atoms with Crippen LogP contribution >= 0.6 is 0 Å². The normalized spacial score (nSPS) is 17.3. The lowest BCUT2D eigenvalue weighted by Gasteiger charge is -2.18. The van der Waals surface area contributed by atoms with Crippen molar-refractivity contribution in [1.29, 1.82) is 0 Å². The molecule has 1 amide bonds. The van der Waals surface area contributed by atoms with Gasteiger partial charge in [0.15, 0.2) is 0 Å². The molecule has 1 aliphatic heterocycles. The molecule has 0 spiro atoms. The number of likely N-dealkylation sites (tertiary alicyclic amines) is 1. The molecule has 1 saturated heterocycles. The van der Waals surface area contributed by atoms with Crippen LogP contribution in [0.4, 0.5) is 0 Å². The Morgan fingerprint density at radius 1 is 1.32 bits per heavy atom. The molecule has 22 heavy (non-hydrogen) atoms. The Labute approximate surface area is 128 Å². The molecule has 1 aromatic carbocycles. The summed E-state index contributed by atoms with van der Waals surface area (Å²) in [5, 5.41) is 0. The van der Waals surface area contributed by atoms with Gasteiger partial charge in [0, 0.05) is 25.2 Å². The molecule has 1 fully saturated rings. The first-order valence-electron chi connectivity index (χ1n) is 7.13. The van der Waals surface area contributed by atoms with Crippen LogP contribution in [-0.4, -0.2) is 47.1 Å². The maximum Gasteiger partial charge on any atom is 0.257 e. The van der Waals surface area contributed by atoms with Crippen LogP contribution in [0.25, 0.3) is 0 Å². The van der Waals surface area contributed by atoms with Gasteiger partial charge in [-0.3, -0.25) is 4.79 Å². The van der Waals surface area contributed by atoms with E-state index in [9.17, 15) is 4.79 Å². The van der Waals surface area contributed by atoms with E-state index in [1.54, 1.807) is 36.4 Å². The van der Waals surface area contributed by atoms with Crippen LogP contribution in [0.1, 0.15) is 16.8 Å². The molecule has 0 saturated carbocycles. The summed E-state index contributed by atoms with van der Waals surface area (Å²) in [7, 11) is 1.57.